The molecule has 1 aromatic carbocycles. The largest absolute Gasteiger partial charge is 0.322 e. The van der Waals surface area contributed by atoms with Crippen LogP contribution in [0.25, 0.3) is 21.7 Å². The van der Waals surface area contributed by atoms with Crippen molar-refractivity contribution in [2.24, 2.45) is 7.05 Å². The number of hydrogen-bond acceptors (Lipinski definition) is 5. The molecule has 152 valence electrons. The molecule has 0 bridgehead atoms. The fourth-order valence-electron chi connectivity index (χ4n) is 4.24. The van der Waals surface area contributed by atoms with Gasteiger partial charge in [0, 0.05) is 36.0 Å². The number of nitrogens with one attached hydrogen (secondary N) is 1. The number of hydrogen-bond donors (Lipinski definition) is 1. The quantitative estimate of drug-likeness (QED) is 0.661. The van der Waals surface area contributed by atoms with Gasteiger partial charge in [0.2, 0.25) is 11.8 Å². The van der Waals surface area contributed by atoms with Crippen molar-refractivity contribution in [2.75, 3.05) is 0 Å². The van der Waals surface area contributed by atoms with E-state index < -0.39 is 11.9 Å². The fourth-order valence-corrected chi connectivity index (χ4v) is 5.20. The summed E-state index contributed by atoms with van der Waals surface area (Å²) in [4.78, 5) is 40.6. The molecule has 2 aliphatic rings. The molecule has 0 aliphatic carbocycles. The van der Waals surface area contributed by atoms with Crippen molar-refractivity contribution in [1.29, 1.82) is 0 Å². The Kier molecular flexibility index (Phi) is 4.32. The summed E-state index contributed by atoms with van der Waals surface area (Å²) in [6.07, 6.45) is 2.46. The Balaban J connectivity index is 1.49. The first-order valence-corrected chi connectivity index (χ1v) is 10.6. The van der Waals surface area contributed by atoms with Crippen molar-refractivity contribution in [3.8, 4) is 21.7 Å². The van der Waals surface area contributed by atoms with Crippen LogP contribution in [0.1, 0.15) is 33.6 Å². The summed E-state index contributed by atoms with van der Waals surface area (Å²) >= 11 is 1.72. The van der Waals surface area contributed by atoms with E-state index in [1.807, 2.05) is 36.1 Å². The van der Waals surface area contributed by atoms with Crippen LogP contribution in [0.2, 0.25) is 0 Å². The highest BCUT2D eigenvalue weighted by Gasteiger charge is 2.39. The summed E-state index contributed by atoms with van der Waals surface area (Å²) in [6.45, 7) is 2.44. The molecule has 1 unspecified atom stereocenters. The number of amides is 3. The van der Waals surface area contributed by atoms with Crippen LogP contribution in [-0.4, -0.2) is 38.4 Å². The van der Waals surface area contributed by atoms with E-state index in [9.17, 15) is 14.4 Å². The van der Waals surface area contributed by atoms with E-state index in [-0.39, 0.29) is 18.2 Å². The molecule has 3 aromatic rings. The number of rotatable bonds is 3. The lowest BCUT2D eigenvalue weighted by molar-refractivity contribution is -0.136. The zero-order valence-electron chi connectivity index (χ0n) is 16.6. The normalized spacial score (nSPS) is 18.7. The first-order valence-electron chi connectivity index (χ1n) is 9.79. The zero-order valence-corrected chi connectivity index (χ0v) is 17.5. The Hall–Kier alpha value is -3.26. The Morgan fingerprint density at radius 2 is 1.97 bits per heavy atom. The third-order valence-electron chi connectivity index (χ3n) is 5.75. The van der Waals surface area contributed by atoms with E-state index in [2.05, 4.69) is 29.5 Å². The summed E-state index contributed by atoms with van der Waals surface area (Å²) < 4.78 is 1.87. The van der Waals surface area contributed by atoms with Gasteiger partial charge in [0.1, 0.15) is 6.04 Å². The van der Waals surface area contributed by atoms with Crippen LogP contribution < -0.4 is 5.32 Å². The zero-order chi connectivity index (χ0) is 21.0. The number of benzene rings is 1. The minimum atomic E-state index is -0.603. The summed E-state index contributed by atoms with van der Waals surface area (Å²) in [5.41, 5.74) is 4.54. The SMILES string of the molecule is Cc1ccc(-c2c(-c3ccc4c(c3)CN(C3CCC(=O)NC3=O)C4=O)cnn2C)s1. The second-order valence-corrected chi connectivity index (χ2v) is 9.00. The van der Waals surface area contributed by atoms with Gasteiger partial charge in [-0.25, -0.2) is 0 Å². The smallest absolute Gasteiger partial charge is 0.255 e. The van der Waals surface area contributed by atoms with Crippen molar-refractivity contribution < 1.29 is 14.4 Å². The number of aryl methyl sites for hydroxylation is 2. The van der Waals surface area contributed by atoms with E-state index in [1.54, 1.807) is 16.2 Å². The Morgan fingerprint density at radius 3 is 2.70 bits per heavy atom. The van der Waals surface area contributed by atoms with Gasteiger partial charge in [0.15, 0.2) is 0 Å². The van der Waals surface area contributed by atoms with E-state index >= 15 is 0 Å². The molecule has 3 amide bonds. The van der Waals surface area contributed by atoms with Crippen LogP contribution in [0.15, 0.2) is 36.5 Å². The minimum Gasteiger partial charge on any atom is -0.322 e. The molecule has 0 radical (unpaired) electrons. The molecule has 1 N–H and O–H groups in total. The lowest BCUT2D eigenvalue weighted by Gasteiger charge is -2.29. The summed E-state index contributed by atoms with van der Waals surface area (Å²) in [6, 6.07) is 9.37. The number of carbonyl (C=O) groups is 3. The van der Waals surface area contributed by atoms with E-state index in [0.717, 1.165) is 27.3 Å². The Bertz CT molecular complexity index is 1210. The second kappa shape index (κ2) is 6.91. The van der Waals surface area contributed by atoms with Gasteiger partial charge in [0.05, 0.1) is 16.8 Å². The van der Waals surface area contributed by atoms with Gasteiger partial charge in [-0.15, -0.1) is 11.3 Å². The van der Waals surface area contributed by atoms with Gasteiger partial charge in [-0.1, -0.05) is 6.07 Å². The van der Waals surface area contributed by atoms with Gasteiger partial charge in [-0.3, -0.25) is 24.4 Å². The third-order valence-corrected chi connectivity index (χ3v) is 6.75. The van der Waals surface area contributed by atoms with Gasteiger partial charge >= 0.3 is 0 Å². The molecule has 1 saturated heterocycles. The second-order valence-electron chi connectivity index (χ2n) is 7.71. The molecule has 2 aromatic heterocycles. The number of nitrogens with zero attached hydrogens (tertiary/aromatic N) is 3. The maximum absolute atomic E-state index is 12.9. The van der Waals surface area contributed by atoms with Crippen molar-refractivity contribution in [3.63, 3.8) is 0 Å². The topological polar surface area (TPSA) is 84.3 Å². The third kappa shape index (κ3) is 2.95. The van der Waals surface area contributed by atoms with E-state index in [0.29, 0.717) is 18.5 Å². The Morgan fingerprint density at radius 1 is 1.13 bits per heavy atom. The fraction of sp³-hybridized carbons (Fsp3) is 0.273. The van der Waals surface area contributed by atoms with Crippen LogP contribution >= 0.6 is 11.3 Å². The monoisotopic (exact) mass is 420 g/mol. The molecule has 5 rings (SSSR count). The first kappa shape index (κ1) is 18.7. The molecular weight excluding hydrogens is 400 g/mol. The molecule has 7 nitrogen and oxygen atoms in total. The summed E-state index contributed by atoms with van der Waals surface area (Å²) in [5.74, 6) is -0.836. The van der Waals surface area contributed by atoms with Gasteiger partial charge < -0.3 is 4.90 Å². The van der Waals surface area contributed by atoms with Crippen LogP contribution in [0.4, 0.5) is 0 Å². The molecule has 1 atom stereocenters. The maximum atomic E-state index is 12.9. The lowest BCUT2D eigenvalue weighted by Crippen LogP contribution is -2.52. The molecule has 2 aliphatic heterocycles. The van der Waals surface area contributed by atoms with Gasteiger partial charge in [-0.2, -0.15) is 5.10 Å². The molecule has 4 heterocycles. The standard InChI is InChI=1S/C22H20N4O3S/c1-12-3-7-18(30-12)20-16(10-23-25(20)2)13-4-5-15-14(9-13)11-26(22(15)29)17-6-8-19(27)24-21(17)28/h3-5,7,9-10,17H,6,8,11H2,1-2H3,(H,24,27,28). The number of aromatic nitrogens is 2. The van der Waals surface area contributed by atoms with Crippen molar-refractivity contribution in [1.82, 2.24) is 20.0 Å². The predicted molar refractivity (Wildman–Crippen MR) is 113 cm³/mol. The number of thiophene rings is 1. The molecule has 0 spiro atoms. The summed E-state index contributed by atoms with van der Waals surface area (Å²) in [7, 11) is 1.93. The minimum absolute atomic E-state index is 0.161. The van der Waals surface area contributed by atoms with E-state index in [4.69, 9.17) is 0 Å². The molecule has 1 fully saturated rings. The van der Waals surface area contributed by atoms with E-state index in [1.165, 1.54) is 4.88 Å². The van der Waals surface area contributed by atoms with Crippen molar-refractivity contribution in [3.05, 3.63) is 52.5 Å². The maximum Gasteiger partial charge on any atom is 0.255 e. The van der Waals surface area contributed by atoms with Crippen molar-refractivity contribution >= 4 is 29.1 Å². The molecule has 8 heteroatoms. The lowest BCUT2D eigenvalue weighted by atomic mass is 10.0. The molecule has 0 saturated carbocycles. The number of fused-ring (bicyclic) bond motifs is 1. The molecule has 30 heavy (non-hydrogen) atoms. The van der Waals surface area contributed by atoms with Crippen LogP contribution in [0, 0.1) is 6.92 Å². The summed E-state index contributed by atoms with van der Waals surface area (Å²) in [5, 5.41) is 6.79. The number of imide groups is 1. The highest BCUT2D eigenvalue weighted by Crippen LogP contribution is 2.37. The van der Waals surface area contributed by atoms with Gasteiger partial charge in [0.25, 0.3) is 5.91 Å². The highest BCUT2D eigenvalue weighted by molar-refractivity contribution is 7.15. The van der Waals surface area contributed by atoms with Crippen LogP contribution in [0.5, 0.6) is 0 Å². The molecular formula is C22H20N4O3S. The average molecular weight is 420 g/mol. The Labute approximate surface area is 177 Å². The predicted octanol–water partition coefficient (Wildman–Crippen LogP) is 2.89. The number of piperidine rings is 1. The van der Waals surface area contributed by atoms with Crippen LogP contribution in [0.3, 0.4) is 0 Å². The van der Waals surface area contributed by atoms with Gasteiger partial charge in [-0.05, 0) is 48.7 Å². The highest BCUT2D eigenvalue weighted by atomic mass is 32.1. The van der Waals surface area contributed by atoms with Crippen LogP contribution in [-0.2, 0) is 23.2 Å². The number of carbonyl (C=O) groups excluding carboxylic acids is 3. The average Bonchev–Trinajstić information content (AvgIpc) is 3.39. The first-order chi connectivity index (χ1) is 14.4. The van der Waals surface area contributed by atoms with Crippen molar-refractivity contribution in [2.45, 2.75) is 32.4 Å².